The molecule has 1 aliphatic carbocycles. The number of nitrogens with zero attached hydrogens (tertiary/aromatic N) is 4. The fraction of sp³-hybridized carbons (Fsp3) is 0.259. The maximum Gasteiger partial charge on any atom is 0.252 e. The van der Waals surface area contributed by atoms with Gasteiger partial charge < -0.3 is 10.6 Å². The lowest BCUT2D eigenvalue weighted by atomic mass is 10.0. The monoisotopic (exact) mass is 486 g/mol. The first-order valence-electron chi connectivity index (χ1n) is 12.0. The minimum Gasteiger partial charge on any atom is -0.345 e. The predicted molar refractivity (Wildman–Crippen MR) is 132 cm³/mol. The molecule has 2 aromatic carbocycles. The maximum atomic E-state index is 15.1. The van der Waals surface area contributed by atoms with Gasteiger partial charge >= 0.3 is 0 Å². The van der Waals surface area contributed by atoms with Crippen LogP contribution in [0.1, 0.15) is 60.3 Å². The van der Waals surface area contributed by atoms with Crippen molar-refractivity contribution in [3.05, 3.63) is 77.1 Å². The van der Waals surface area contributed by atoms with E-state index in [2.05, 4.69) is 25.7 Å². The molecule has 1 atom stereocenters. The fourth-order valence-corrected chi connectivity index (χ4v) is 4.56. The number of anilines is 2. The molecule has 1 fully saturated rings. The van der Waals surface area contributed by atoms with E-state index in [1.165, 1.54) is 25.0 Å². The normalized spacial score (nSPS) is 16.7. The molecule has 9 heteroatoms. The van der Waals surface area contributed by atoms with Gasteiger partial charge in [0, 0.05) is 46.6 Å². The fourth-order valence-electron chi connectivity index (χ4n) is 4.56. The summed E-state index contributed by atoms with van der Waals surface area (Å²) >= 11 is 0. The summed E-state index contributed by atoms with van der Waals surface area (Å²) in [6.07, 6.45) is 4.05. The van der Waals surface area contributed by atoms with E-state index >= 15 is 4.39 Å². The highest BCUT2D eigenvalue weighted by Crippen LogP contribution is 2.39. The standard InChI is InChI=1S/C27H24F2N6O/c1-3-35-27(32-24-12-19-14(2)31-26(36)20(19)11-22(24)29)33-25(34-35)16-6-8-18(21(28)10-16)17-7-9-23(30-13-17)15-4-5-15/h6-15H,3-5H2,1-2H3,(H,31,36)(H,32,33,34). The highest BCUT2D eigenvalue weighted by Gasteiger charge is 2.28. The number of hydrogen-bond donors (Lipinski definition) is 2. The minimum atomic E-state index is -0.568. The predicted octanol–water partition coefficient (Wildman–Crippen LogP) is 5.73. The van der Waals surface area contributed by atoms with Gasteiger partial charge in [0.15, 0.2) is 5.82 Å². The summed E-state index contributed by atoms with van der Waals surface area (Å²) in [5.74, 6) is -0.0725. The van der Waals surface area contributed by atoms with Crippen molar-refractivity contribution in [2.75, 3.05) is 5.32 Å². The van der Waals surface area contributed by atoms with Crippen molar-refractivity contribution < 1.29 is 13.6 Å². The molecule has 1 saturated carbocycles. The molecular weight excluding hydrogens is 462 g/mol. The first kappa shape index (κ1) is 22.3. The number of amides is 1. The lowest BCUT2D eigenvalue weighted by molar-refractivity contribution is 0.0958. The van der Waals surface area contributed by atoms with Crippen molar-refractivity contribution in [1.29, 1.82) is 0 Å². The topological polar surface area (TPSA) is 84.7 Å². The number of aromatic nitrogens is 4. The van der Waals surface area contributed by atoms with Crippen LogP contribution >= 0.6 is 0 Å². The summed E-state index contributed by atoms with van der Waals surface area (Å²) in [4.78, 5) is 21.0. The molecule has 0 spiro atoms. The second-order valence-corrected chi connectivity index (χ2v) is 9.25. The average molecular weight is 487 g/mol. The van der Waals surface area contributed by atoms with E-state index in [1.807, 2.05) is 26.0 Å². The summed E-state index contributed by atoms with van der Waals surface area (Å²) in [5.41, 5.74) is 3.97. The van der Waals surface area contributed by atoms with Crippen molar-refractivity contribution in [2.24, 2.45) is 0 Å². The van der Waals surface area contributed by atoms with E-state index in [-0.39, 0.29) is 17.6 Å². The summed E-state index contributed by atoms with van der Waals surface area (Å²) in [5, 5.41) is 10.2. The van der Waals surface area contributed by atoms with Gasteiger partial charge in [0.1, 0.15) is 11.6 Å². The second kappa shape index (κ2) is 8.51. The molecule has 0 saturated heterocycles. The largest absolute Gasteiger partial charge is 0.345 e. The van der Waals surface area contributed by atoms with Gasteiger partial charge in [0.25, 0.3) is 5.91 Å². The van der Waals surface area contributed by atoms with E-state index < -0.39 is 11.6 Å². The zero-order chi connectivity index (χ0) is 25.0. The Hall–Kier alpha value is -4.14. The SMILES string of the molecule is CCn1nc(-c2ccc(-c3ccc(C4CC4)nc3)c(F)c2)nc1Nc1cc2c(cc1F)C(=O)NC2C. The number of fused-ring (bicyclic) bond motifs is 1. The smallest absolute Gasteiger partial charge is 0.252 e. The summed E-state index contributed by atoms with van der Waals surface area (Å²) < 4.78 is 31.4. The van der Waals surface area contributed by atoms with Crippen LogP contribution in [-0.4, -0.2) is 25.7 Å². The van der Waals surface area contributed by atoms with Crippen molar-refractivity contribution in [3.63, 3.8) is 0 Å². The lowest BCUT2D eigenvalue weighted by Crippen LogP contribution is -2.16. The Balaban J connectivity index is 1.28. The van der Waals surface area contributed by atoms with E-state index in [0.717, 1.165) is 5.69 Å². The molecule has 2 N–H and O–H groups in total. The molecule has 1 unspecified atom stereocenters. The zero-order valence-electron chi connectivity index (χ0n) is 19.8. The Kier molecular flexibility index (Phi) is 5.28. The van der Waals surface area contributed by atoms with Gasteiger partial charge in [-0.2, -0.15) is 4.98 Å². The Morgan fingerprint density at radius 1 is 1.06 bits per heavy atom. The van der Waals surface area contributed by atoms with Gasteiger partial charge in [0.05, 0.1) is 11.7 Å². The van der Waals surface area contributed by atoms with E-state index in [4.69, 9.17) is 0 Å². The van der Waals surface area contributed by atoms with Crippen LogP contribution < -0.4 is 10.6 Å². The second-order valence-electron chi connectivity index (χ2n) is 9.25. The van der Waals surface area contributed by atoms with Gasteiger partial charge in [-0.15, -0.1) is 5.10 Å². The minimum absolute atomic E-state index is 0.189. The molecule has 4 aromatic rings. The Labute approximate surface area is 206 Å². The number of halogens is 2. The van der Waals surface area contributed by atoms with Crippen LogP contribution in [0.2, 0.25) is 0 Å². The number of hydrogen-bond acceptors (Lipinski definition) is 5. The first-order chi connectivity index (χ1) is 17.4. The maximum absolute atomic E-state index is 15.1. The summed E-state index contributed by atoms with van der Waals surface area (Å²) in [7, 11) is 0. The molecule has 1 amide bonds. The number of aryl methyl sites for hydroxylation is 1. The number of carbonyl (C=O) groups is 1. The number of pyridine rings is 1. The van der Waals surface area contributed by atoms with Crippen LogP contribution in [0.4, 0.5) is 20.4 Å². The van der Waals surface area contributed by atoms with Gasteiger partial charge in [-0.05, 0) is 56.5 Å². The zero-order valence-corrected chi connectivity index (χ0v) is 19.8. The van der Waals surface area contributed by atoms with Crippen LogP contribution in [0.3, 0.4) is 0 Å². The Bertz CT molecular complexity index is 1490. The van der Waals surface area contributed by atoms with Crippen LogP contribution in [0, 0.1) is 11.6 Å². The molecule has 182 valence electrons. The third-order valence-electron chi connectivity index (χ3n) is 6.74. The van der Waals surface area contributed by atoms with Crippen molar-refractivity contribution >= 4 is 17.5 Å². The molecule has 0 bridgehead atoms. The lowest BCUT2D eigenvalue weighted by Gasteiger charge is -2.10. The van der Waals surface area contributed by atoms with Gasteiger partial charge in [0.2, 0.25) is 5.95 Å². The van der Waals surface area contributed by atoms with E-state index in [9.17, 15) is 9.18 Å². The van der Waals surface area contributed by atoms with Gasteiger partial charge in [-0.3, -0.25) is 9.78 Å². The van der Waals surface area contributed by atoms with Crippen LogP contribution in [0.5, 0.6) is 0 Å². The third kappa shape index (κ3) is 3.90. The third-order valence-corrected chi connectivity index (χ3v) is 6.74. The highest BCUT2D eigenvalue weighted by molar-refractivity contribution is 5.99. The molecule has 7 nitrogen and oxygen atoms in total. The number of nitrogens with one attached hydrogen (secondary N) is 2. The quantitative estimate of drug-likeness (QED) is 0.364. The number of carbonyl (C=O) groups excluding carboxylic acids is 1. The highest BCUT2D eigenvalue weighted by atomic mass is 19.1. The Morgan fingerprint density at radius 3 is 2.56 bits per heavy atom. The van der Waals surface area contributed by atoms with Crippen LogP contribution in [0.25, 0.3) is 22.5 Å². The molecule has 36 heavy (non-hydrogen) atoms. The number of benzene rings is 2. The molecule has 2 aliphatic rings. The summed E-state index contributed by atoms with van der Waals surface area (Å²) in [6.45, 7) is 4.20. The molecular formula is C27H24F2N6O. The van der Waals surface area contributed by atoms with Crippen LogP contribution in [-0.2, 0) is 6.54 Å². The van der Waals surface area contributed by atoms with Crippen LogP contribution in [0.15, 0.2) is 48.7 Å². The van der Waals surface area contributed by atoms with Crippen molar-refractivity contribution in [3.8, 4) is 22.5 Å². The summed E-state index contributed by atoms with van der Waals surface area (Å²) in [6, 6.07) is 11.4. The van der Waals surface area contributed by atoms with Gasteiger partial charge in [-0.1, -0.05) is 18.2 Å². The molecule has 0 radical (unpaired) electrons. The van der Waals surface area contributed by atoms with Gasteiger partial charge in [-0.25, -0.2) is 13.5 Å². The first-order valence-corrected chi connectivity index (χ1v) is 12.0. The molecule has 6 rings (SSSR count). The Morgan fingerprint density at radius 2 is 1.86 bits per heavy atom. The van der Waals surface area contributed by atoms with E-state index in [1.54, 1.807) is 29.1 Å². The molecule has 3 heterocycles. The number of rotatable bonds is 6. The van der Waals surface area contributed by atoms with E-state index in [0.29, 0.717) is 52.1 Å². The van der Waals surface area contributed by atoms with Crippen molar-refractivity contribution in [1.82, 2.24) is 25.1 Å². The average Bonchev–Trinajstić information content (AvgIpc) is 3.59. The van der Waals surface area contributed by atoms with Crippen molar-refractivity contribution in [2.45, 2.75) is 45.2 Å². The molecule has 2 aromatic heterocycles. The molecule has 1 aliphatic heterocycles.